The third-order valence-electron chi connectivity index (χ3n) is 2.51. The first kappa shape index (κ1) is 12.1. The Kier molecular flexibility index (Phi) is 3.26. The molecule has 0 unspecified atom stereocenters. The second-order valence-corrected chi connectivity index (χ2v) is 3.93. The molecule has 0 radical (unpaired) electrons. The van der Waals surface area contributed by atoms with Crippen LogP contribution in [-0.2, 0) is 0 Å². The molecule has 1 atom stereocenters. The molecule has 1 aromatic carbocycles. The Bertz CT molecular complexity index is 627. The van der Waals surface area contributed by atoms with Crippen molar-refractivity contribution in [3.05, 3.63) is 23.3 Å². The van der Waals surface area contributed by atoms with E-state index in [1.54, 1.807) is 13.0 Å². The Hall–Kier alpha value is -2.39. The van der Waals surface area contributed by atoms with Crippen molar-refractivity contribution in [3.63, 3.8) is 0 Å². The monoisotopic (exact) mass is 245 g/mol. The fraction of sp³-hybridized carbons (Fsp3) is 0.250. The first-order chi connectivity index (χ1) is 8.69. The summed E-state index contributed by atoms with van der Waals surface area (Å²) in [5.41, 5.74) is 0.962. The zero-order chi connectivity index (χ0) is 13.1. The number of nitrogens with one attached hydrogen (secondary N) is 1. The molecule has 1 heterocycles. The van der Waals surface area contributed by atoms with Crippen LogP contribution in [-0.4, -0.2) is 29.2 Å². The zero-order valence-corrected chi connectivity index (χ0v) is 9.67. The number of carbonyl (C=O) groups is 1. The van der Waals surface area contributed by atoms with E-state index in [-0.39, 0.29) is 18.2 Å². The van der Waals surface area contributed by atoms with Gasteiger partial charge in [0, 0.05) is 11.6 Å². The van der Waals surface area contributed by atoms with Crippen LogP contribution in [0.2, 0.25) is 0 Å². The second-order valence-electron chi connectivity index (χ2n) is 3.93. The van der Waals surface area contributed by atoms with Crippen LogP contribution in [0.1, 0.15) is 22.8 Å². The highest BCUT2D eigenvalue weighted by molar-refractivity contribution is 5.96. The summed E-state index contributed by atoms with van der Waals surface area (Å²) in [6.45, 7) is 1.71. The van der Waals surface area contributed by atoms with Crippen molar-refractivity contribution in [1.82, 2.24) is 5.16 Å². The van der Waals surface area contributed by atoms with Crippen molar-refractivity contribution in [2.45, 2.75) is 13.0 Å². The summed E-state index contributed by atoms with van der Waals surface area (Å²) in [6.07, 6.45) is 0.659. The number of aldehydes is 1. The van der Waals surface area contributed by atoms with Gasteiger partial charge < -0.3 is 14.9 Å². The molecule has 6 nitrogen and oxygen atoms in total. The van der Waals surface area contributed by atoms with E-state index in [2.05, 4.69) is 10.5 Å². The number of anilines is 1. The van der Waals surface area contributed by atoms with Gasteiger partial charge in [0.05, 0.1) is 17.6 Å². The summed E-state index contributed by atoms with van der Waals surface area (Å²) in [6, 6.07) is 4.78. The van der Waals surface area contributed by atoms with Crippen molar-refractivity contribution in [1.29, 1.82) is 5.26 Å². The number of fused-ring (bicyclic) bond motifs is 1. The van der Waals surface area contributed by atoms with Gasteiger partial charge in [-0.1, -0.05) is 5.16 Å². The minimum atomic E-state index is -0.205. The number of benzene rings is 1. The van der Waals surface area contributed by atoms with Gasteiger partial charge in [-0.3, -0.25) is 4.79 Å². The van der Waals surface area contributed by atoms with E-state index in [1.807, 2.05) is 6.07 Å². The fourth-order valence-electron chi connectivity index (χ4n) is 1.60. The zero-order valence-electron chi connectivity index (χ0n) is 9.67. The van der Waals surface area contributed by atoms with Crippen molar-refractivity contribution in [2.75, 3.05) is 11.9 Å². The molecule has 0 aliphatic carbocycles. The highest BCUT2D eigenvalue weighted by atomic mass is 16.5. The van der Waals surface area contributed by atoms with E-state index in [0.29, 0.717) is 28.6 Å². The minimum Gasteiger partial charge on any atom is -0.394 e. The van der Waals surface area contributed by atoms with Crippen molar-refractivity contribution in [2.24, 2.45) is 0 Å². The maximum Gasteiger partial charge on any atom is 0.186 e. The number of aromatic nitrogens is 1. The molecule has 0 saturated carbocycles. The van der Waals surface area contributed by atoms with Gasteiger partial charge in [0.25, 0.3) is 0 Å². The number of nitriles is 1. The standard InChI is InChI=1S/C12H11N3O3/c1-7(5-16)14-12-10-3-8(6-17)2-9(4-13)11(10)18-15-12/h2-3,6-7,16H,5H2,1H3,(H,14,15)/t7-/m0/s1. The molecule has 18 heavy (non-hydrogen) atoms. The Morgan fingerprint density at radius 2 is 2.44 bits per heavy atom. The van der Waals surface area contributed by atoms with Gasteiger partial charge in [-0.15, -0.1) is 0 Å². The second kappa shape index (κ2) is 4.85. The quantitative estimate of drug-likeness (QED) is 0.788. The fourth-order valence-corrected chi connectivity index (χ4v) is 1.60. The number of hydrogen-bond acceptors (Lipinski definition) is 6. The van der Waals surface area contributed by atoms with Crippen LogP contribution in [0.15, 0.2) is 16.7 Å². The molecule has 0 spiro atoms. The van der Waals surface area contributed by atoms with E-state index in [4.69, 9.17) is 14.9 Å². The number of nitrogens with zero attached hydrogens (tertiary/aromatic N) is 2. The van der Waals surface area contributed by atoms with Crippen LogP contribution in [0.3, 0.4) is 0 Å². The SMILES string of the molecule is C[C@@H](CO)Nc1noc2c(C#N)cc(C=O)cc12. The van der Waals surface area contributed by atoms with E-state index in [1.165, 1.54) is 6.07 Å². The molecule has 0 aliphatic rings. The summed E-state index contributed by atoms with van der Waals surface area (Å²) < 4.78 is 5.08. The third kappa shape index (κ3) is 2.04. The van der Waals surface area contributed by atoms with Gasteiger partial charge in [0.15, 0.2) is 11.4 Å². The van der Waals surface area contributed by atoms with Crippen LogP contribution < -0.4 is 5.32 Å². The Morgan fingerprint density at radius 3 is 3.06 bits per heavy atom. The Balaban J connectivity index is 2.57. The number of carbonyl (C=O) groups excluding carboxylic acids is 1. The number of rotatable bonds is 4. The predicted octanol–water partition coefficient (Wildman–Crippen LogP) is 1.30. The third-order valence-corrected chi connectivity index (χ3v) is 2.51. The molecule has 0 saturated heterocycles. The van der Waals surface area contributed by atoms with Gasteiger partial charge in [-0.05, 0) is 19.1 Å². The summed E-state index contributed by atoms with van der Waals surface area (Å²) in [5, 5.41) is 25.2. The van der Waals surface area contributed by atoms with E-state index < -0.39 is 0 Å². The Labute approximate surface area is 103 Å². The van der Waals surface area contributed by atoms with Crippen LogP contribution >= 0.6 is 0 Å². The van der Waals surface area contributed by atoms with Crippen molar-refractivity contribution >= 4 is 23.1 Å². The smallest absolute Gasteiger partial charge is 0.186 e. The van der Waals surface area contributed by atoms with E-state index in [0.717, 1.165) is 0 Å². The van der Waals surface area contributed by atoms with Gasteiger partial charge >= 0.3 is 0 Å². The molecule has 2 N–H and O–H groups in total. The molecule has 6 heteroatoms. The average Bonchev–Trinajstić information content (AvgIpc) is 2.80. The normalized spacial score (nSPS) is 12.1. The van der Waals surface area contributed by atoms with Crippen LogP contribution in [0.5, 0.6) is 0 Å². The molecule has 2 rings (SSSR count). The first-order valence-corrected chi connectivity index (χ1v) is 5.35. The predicted molar refractivity (Wildman–Crippen MR) is 64.3 cm³/mol. The number of aliphatic hydroxyl groups excluding tert-OH is 1. The molecule has 0 fully saturated rings. The van der Waals surface area contributed by atoms with Gasteiger partial charge in [-0.2, -0.15) is 5.26 Å². The van der Waals surface area contributed by atoms with Crippen LogP contribution in [0.4, 0.5) is 5.82 Å². The molecule has 0 aliphatic heterocycles. The molecule has 0 bridgehead atoms. The van der Waals surface area contributed by atoms with Gasteiger partial charge in [0.1, 0.15) is 12.4 Å². The lowest BCUT2D eigenvalue weighted by Gasteiger charge is -2.08. The average molecular weight is 245 g/mol. The van der Waals surface area contributed by atoms with Gasteiger partial charge in [-0.25, -0.2) is 0 Å². The Morgan fingerprint density at radius 1 is 1.67 bits per heavy atom. The van der Waals surface area contributed by atoms with Crippen molar-refractivity contribution < 1.29 is 14.4 Å². The van der Waals surface area contributed by atoms with Crippen LogP contribution in [0.25, 0.3) is 11.0 Å². The lowest BCUT2D eigenvalue weighted by Crippen LogP contribution is -2.19. The summed E-state index contributed by atoms with van der Waals surface area (Å²) in [7, 11) is 0. The maximum atomic E-state index is 10.8. The van der Waals surface area contributed by atoms with Crippen LogP contribution in [0, 0.1) is 11.3 Å². The molecule has 2 aromatic rings. The molecule has 0 amide bonds. The van der Waals surface area contributed by atoms with E-state index in [9.17, 15) is 4.79 Å². The maximum absolute atomic E-state index is 10.8. The van der Waals surface area contributed by atoms with E-state index >= 15 is 0 Å². The molecular formula is C12H11N3O3. The number of aliphatic hydroxyl groups is 1. The summed E-state index contributed by atoms with van der Waals surface area (Å²) in [4.78, 5) is 10.8. The lowest BCUT2D eigenvalue weighted by molar-refractivity contribution is 0.112. The van der Waals surface area contributed by atoms with Gasteiger partial charge in [0.2, 0.25) is 0 Å². The lowest BCUT2D eigenvalue weighted by atomic mass is 10.1. The topological polar surface area (TPSA) is 99.2 Å². The summed E-state index contributed by atoms with van der Waals surface area (Å²) >= 11 is 0. The number of hydrogen-bond donors (Lipinski definition) is 2. The highest BCUT2D eigenvalue weighted by Crippen LogP contribution is 2.27. The largest absolute Gasteiger partial charge is 0.394 e. The minimum absolute atomic E-state index is 0.0627. The molecule has 92 valence electrons. The first-order valence-electron chi connectivity index (χ1n) is 5.35. The summed E-state index contributed by atoms with van der Waals surface area (Å²) in [5.74, 6) is 0.409. The molecule has 1 aromatic heterocycles. The highest BCUT2D eigenvalue weighted by Gasteiger charge is 2.15. The molecular weight excluding hydrogens is 234 g/mol. The van der Waals surface area contributed by atoms with Crippen molar-refractivity contribution in [3.8, 4) is 6.07 Å².